The van der Waals surface area contributed by atoms with Crippen molar-refractivity contribution in [2.75, 3.05) is 0 Å². The lowest BCUT2D eigenvalue weighted by Gasteiger charge is -2.02. The quantitative estimate of drug-likeness (QED) is 0.677. The number of amides is 1. The molecule has 0 aliphatic heterocycles. The predicted molar refractivity (Wildman–Crippen MR) is 50.2 cm³/mol. The molecule has 1 amide bonds. The first-order valence-electron chi connectivity index (χ1n) is 4.50. The molecular weight excluding hydrogens is 200 g/mol. The number of nitrogens with two attached hydrogens (primary N) is 1. The van der Waals surface area contributed by atoms with Crippen LogP contribution < -0.4 is 5.73 Å². The van der Waals surface area contributed by atoms with E-state index in [9.17, 15) is 9.59 Å². The van der Waals surface area contributed by atoms with Crippen LogP contribution in [0.15, 0.2) is 0 Å². The molecule has 0 atom stereocenters. The minimum Gasteiger partial charge on any atom is -0.476 e. The second kappa shape index (κ2) is 4.54. The highest BCUT2D eigenvalue weighted by Gasteiger charge is 2.18. The number of aromatic nitrogens is 3. The van der Waals surface area contributed by atoms with Crippen molar-refractivity contribution in [3.8, 4) is 0 Å². The van der Waals surface area contributed by atoms with Crippen LogP contribution in [0.2, 0.25) is 0 Å². The Kier molecular flexibility index (Phi) is 3.37. The van der Waals surface area contributed by atoms with E-state index in [1.165, 1.54) is 4.68 Å². The molecule has 1 rings (SSSR count). The van der Waals surface area contributed by atoms with E-state index in [1.54, 1.807) is 0 Å². The number of carboxylic acids is 1. The van der Waals surface area contributed by atoms with Gasteiger partial charge < -0.3 is 10.8 Å². The van der Waals surface area contributed by atoms with Crippen LogP contribution in [-0.2, 0) is 17.8 Å². The fraction of sp³-hybridized carbons (Fsp3) is 0.500. The third-order valence-electron chi connectivity index (χ3n) is 1.83. The van der Waals surface area contributed by atoms with Crippen LogP contribution >= 0.6 is 0 Å². The van der Waals surface area contributed by atoms with Gasteiger partial charge in [0.05, 0.1) is 5.69 Å². The molecule has 0 aliphatic rings. The summed E-state index contributed by atoms with van der Waals surface area (Å²) in [6.45, 7) is 1.75. The fourth-order valence-electron chi connectivity index (χ4n) is 1.26. The standard InChI is InChI=1S/C8H12N4O3/c1-2-3-5-7(8(14)15)10-11-12(5)4-6(9)13/h2-4H2,1H3,(H2,9,13)(H,14,15). The molecule has 0 aromatic carbocycles. The fourth-order valence-corrected chi connectivity index (χ4v) is 1.26. The van der Waals surface area contributed by atoms with E-state index in [1.807, 2.05) is 6.92 Å². The largest absolute Gasteiger partial charge is 0.476 e. The van der Waals surface area contributed by atoms with Crippen LogP contribution in [0.5, 0.6) is 0 Å². The van der Waals surface area contributed by atoms with Crippen LogP contribution in [0.4, 0.5) is 0 Å². The van der Waals surface area contributed by atoms with E-state index in [4.69, 9.17) is 10.8 Å². The zero-order valence-electron chi connectivity index (χ0n) is 8.30. The van der Waals surface area contributed by atoms with Gasteiger partial charge in [-0.3, -0.25) is 4.79 Å². The summed E-state index contributed by atoms with van der Waals surface area (Å²) < 4.78 is 1.23. The Balaban J connectivity index is 3.05. The van der Waals surface area contributed by atoms with Gasteiger partial charge in [0.15, 0.2) is 5.69 Å². The smallest absolute Gasteiger partial charge is 0.358 e. The zero-order valence-corrected chi connectivity index (χ0v) is 8.30. The van der Waals surface area contributed by atoms with Gasteiger partial charge in [0.1, 0.15) is 6.54 Å². The highest BCUT2D eigenvalue weighted by molar-refractivity contribution is 5.86. The van der Waals surface area contributed by atoms with Gasteiger partial charge in [-0.25, -0.2) is 9.48 Å². The highest BCUT2D eigenvalue weighted by Crippen LogP contribution is 2.08. The number of hydrogen-bond donors (Lipinski definition) is 2. The number of carbonyl (C=O) groups is 2. The molecule has 7 heteroatoms. The first-order chi connectivity index (χ1) is 7.06. The molecule has 0 bridgehead atoms. The zero-order chi connectivity index (χ0) is 11.4. The second-order valence-corrected chi connectivity index (χ2v) is 3.06. The number of hydrogen-bond acceptors (Lipinski definition) is 4. The summed E-state index contributed by atoms with van der Waals surface area (Å²) in [5.41, 5.74) is 5.32. The number of nitrogens with zero attached hydrogens (tertiary/aromatic N) is 3. The number of rotatable bonds is 5. The van der Waals surface area contributed by atoms with Gasteiger partial charge in [-0.1, -0.05) is 18.6 Å². The van der Waals surface area contributed by atoms with Crippen molar-refractivity contribution in [2.24, 2.45) is 5.73 Å². The molecule has 82 valence electrons. The van der Waals surface area contributed by atoms with Crippen molar-refractivity contribution in [2.45, 2.75) is 26.3 Å². The van der Waals surface area contributed by atoms with Crippen LogP contribution in [-0.4, -0.2) is 32.0 Å². The predicted octanol–water partition coefficient (Wildman–Crippen LogP) is -0.586. The summed E-state index contributed by atoms with van der Waals surface area (Å²) in [5.74, 6) is -1.72. The molecule has 0 saturated heterocycles. The maximum atomic E-state index is 10.8. The van der Waals surface area contributed by atoms with Gasteiger partial charge in [-0.2, -0.15) is 0 Å². The summed E-state index contributed by atoms with van der Waals surface area (Å²) in [6, 6.07) is 0. The van der Waals surface area contributed by atoms with Crippen molar-refractivity contribution >= 4 is 11.9 Å². The van der Waals surface area contributed by atoms with Crippen molar-refractivity contribution in [1.82, 2.24) is 15.0 Å². The molecule has 0 radical (unpaired) electrons. The third-order valence-corrected chi connectivity index (χ3v) is 1.83. The van der Waals surface area contributed by atoms with E-state index in [-0.39, 0.29) is 12.2 Å². The maximum absolute atomic E-state index is 10.8. The number of carboxylic acid groups (broad SMARTS) is 1. The van der Waals surface area contributed by atoms with Gasteiger partial charge in [0.2, 0.25) is 5.91 Å². The number of aromatic carboxylic acids is 1. The van der Waals surface area contributed by atoms with Gasteiger partial charge in [-0.15, -0.1) is 5.10 Å². The first kappa shape index (κ1) is 11.2. The highest BCUT2D eigenvalue weighted by atomic mass is 16.4. The maximum Gasteiger partial charge on any atom is 0.358 e. The molecule has 15 heavy (non-hydrogen) atoms. The van der Waals surface area contributed by atoms with Gasteiger partial charge in [0, 0.05) is 0 Å². The average Bonchev–Trinajstić information content (AvgIpc) is 2.48. The molecule has 0 aliphatic carbocycles. The summed E-state index contributed by atoms with van der Waals surface area (Å²) in [4.78, 5) is 21.5. The molecule has 1 heterocycles. The lowest BCUT2D eigenvalue weighted by molar-refractivity contribution is -0.118. The summed E-state index contributed by atoms with van der Waals surface area (Å²) in [7, 11) is 0. The molecule has 7 nitrogen and oxygen atoms in total. The lowest BCUT2D eigenvalue weighted by Crippen LogP contribution is -2.21. The lowest BCUT2D eigenvalue weighted by atomic mass is 10.2. The Bertz CT molecular complexity index is 385. The molecule has 0 saturated carbocycles. The van der Waals surface area contributed by atoms with Crippen LogP contribution in [0.1, 0.15) is 29.5 Å². The van der Waals surface area contributed by atoms with Crippen molar-refractivity contribution in [1.29, 1.82) is 0 Å². The van der Waals surface area contributed by atoms with Gasteiger partial charge >= 0.3 is 5.97 Å². The van der Waals surface area contributed by atoms with Crippen LogP contribution in [0.25, 0.3) is 0 Å². The van der Waals surface area contributed by atoms with Gasteiger partial charge in [-0.05, 0) is 6.42 Å². The molecule has 0 spiro atoms. The summed E-state index contributed by atoms with van der Waals surface area (Å²) in [6.07, 6.45) is 1.24. The van der Waals surface area contributed by atoms with E-state index in [2.05, 4.69) is 10.3 Å². The second-order valence-electron chi connectivity index (χ2n) is 3.06. The Labute approximate surface area is 85.9 Å². The number of carbonyl (C=O) groups excluding carboxylic acids is 1. The minimum absolute atomic E-state index is 0.113. The SMILES string of the molecule is CCCc1c(C(=O)O)nnn1CC(N)=O. The molecule has 0 unspecified atom stereocenters. The number of primary amides is 1. The van der Waals surface area contributed by atoms with E-state index in [0.29, 0.717) is 12.1 Å². The molecule has 1 aromatic rings. The van der Waals surface area contributed by atoms with Crippen molar-refractivity contribution < 1.29 is 14.7 Å². The van der Waals surface area contributed by atoms with E-state index < -0.39 is 11.9 Å². The first-order valence-corrected chi connectivity index (χ1v) is 4.50. The van der Waals surface area contributed by atoms with E-state index >= 15 is 0 Å². The van der Waals surface area contributed by atoms with Crippen LogP contribution in [0, 0.1) is 0 Å². The minimum atomic E-state index is -1.14. The average molecular weight is 212 g/mol. The molecular formula is C8H12N4O3. The third kappa shape index (κ3) is 2.52. The monoisotopic (exact) mass is 212 g/mol. The Morgan fingerprint density at radius 3 is 2.67 bits per heavy atom. The topological polar surface area (TPSA) is 111 Å². The van der Waals surface area contributed by atoms with Gasteiger partial charge in [0.25, 0.3) is 0 Å². The van der Waals surface area contributed by atoms with E-state index in [0.717, 1.165) is 6.42 Å². The summed E-state index contributed by atoms with van der Waals surface area (Å²) >= 11 is 0. The Hall–Kier alpha value is -1.92. The van der Waals surface area contributed by atoms with Crippen molar-refractivity contribution in [3.63, 3.8) is 0 Å². The Morgan fingerprint density at radius 1 is 1.53 bits per heavy atom. The molecule has 3 N–H and O–H groups in total. The Morgan fingerprint density at radius 2 is 2.20 bits per heavy atom. The summed E-state index contributed by atoms with van der Waals surface area (Å²) in [5, 5.41) is 15.9. The normalized spacial score (nSPS) is 10.2. The molecule has 1 aromatic heterocycles. The van der Waals surface area contributed by atoms with Crippen LogP contribution in [0.3, 0.4) is 0 Å². The molecule has 0 fully saturated rings. The van der Waals surface area contributed by atoms with Crippen molar-refractivity contribution in [3.05, 3.63) is 11.4 Å².